The average Bonchev–Trinajstić information content (AvgIpc) is 2.66. The fourth-order valence-electron chi connectivity index (χ4n) is 3.17. The first kappa shape index (κ1) is 19.0. The average molecular weight is 371 g/mol. The third-order valence-corrected chi connectivity index (χ3v) is 4.63. The molecule has 3 aromatic rings. The van der Waals surface area contributed by atoms with Crippen LogP contribution in [-0.2, 0) is 12.6 Å². The molecule has 0 heterocycles. The lowest BCUT2D eigenvalue weighted by Crippen LogP contribution is -2.16. The number of alkyl halides is 3. The number of halogens is 3. The molecule has 0 aliphatic rings. The molecule has 0 saturated heterocycles. The van der Waals surface area contributed by atoms with Crippen molar-refractivity contribution in [2.24, 2.45) is 0 Å². The van der Waals surface area contributed by atoms with E-state index in [9.17, 15) is 18.4 Å². The normalized spacial score (nSPS) is 12.9. The van der Waals surface area contributed by atoms with Crippen LogP contribution in [0.5, 0.6) is 0 Å². The highest BCUT2D eigenvalue weighted by Gasteiger charge is 2.30. The second-order valence-corrected chi connectivity index (χ2v) is 6.52. The minimum Gasteiger partial charge on any atom is -0.624 e. The van der Waals surface area contributed by atoms with E-state index >= 15 is 0 Å². The third kappa shape index (κ3) is 4.48. The molecule has 2 nitrogen and oxygen atoms in total. The van der Waals surface area contributed by atoms with Gasteiger partial charge in [0.1, 0.15) is 0 Å². The highest BCUT2D eigenvalue weighted by atomic mass is 19.4. The first-order chi connectivity index (χ1) is 12.9. The molecule has 5 heteroatoms. The minimum absolute atomic E-state index is 0.227. The van der Waals surface area contributed by atoms with Crippen LogP contribution in [0.4, 0.5) is 13.2 Å². The molecule has 0 aliphatic heterocycles. The molecular weight excluding hydrogens is 351 g/mol. The standard InChI is InChI=1S/C22H20F3NO/c1-16(20-13-5-10-18-9-2-3-12-21(18)20)26(27)14-6-8-17-7-4-11-19(15-17)22(23,24)25/h2-5,7,9-13,15H,6,8,14H2,1H3/b26-16-. The lowest BCUT2D eigenvalue weighted by atomic mass is 10.0. The van der Waals surface area contributed by atoms with Gasteiger partial charge in [-0.15, -0.1) is 0 Å². The van der Waals surface area contributed by atoms with E-state index in [1.807, 2.05) is 42.5 Å². The maximum atomic E-state index is 12.8. The highest BCUT2D eigenvalue weighted by molar-refractivity contribution is 6.07. The van der Waals surface area contributed by atoms with E-state index in [0.29, 0.717) is 24.1 Å². The summed E-state index contributed by atoms with van der Waals surface area (Å²) in [6, 6.07) is 18.9. The van der Waals surface area contributed by atoms with E-state index in [4.69, 9.17) is 0 Å². The van der Waals surface area contributed by atoms with Crippen LogP contribution in [-0.4, -0.2) is 17.0 Å². The molecule has 0 aromatic heterocycles. The largest absolute Gasteiger partial charge is 0.624 e. The fourth-order valence-corrected chi connectivity index (χ4v) is 3.17. The summed E-state index contributed by atoms with van der Waals surface area (Å²) in [4.78, 5) is 0. The Kier molecular flexibility index (Phi) is 5.49. The molecule has 3 aromatic carbocycles. The molecule has 0 unspecified atom stereocenters. The molecule has 0 N–H and O–H groups in total. The Labute approximate surface area is 156 Å². The molecule has 0 aliphatic carbocycles. The molecule has 0 bridgehead atoms. The monoisotopic (exact) mass is 371 g/mol. The molecule has 0 spiro atoms. The second kappa shape index (κ2) is 7.82. The summed E-state index contributed by atoms with van der Waals surface area (Å²) in [5.41, 5.74) is 1.41. The van der Waals surface area contributed by atoms with Gasteiger partial charge in [0.2, 0.25) is 0 Å². The van der Waals surface area contributed by atoms with E-state index in [2.05, 4.69) is 0 Å². The summed E-state index contributed by atoms with van der Waals surface area (Å²) in [5.74, 6) is 0. The number of aryl methyl sites for hydroxylation is 1. The Morgan fingerprint density at radius 1 is 0.963 bits per heavy atom. The van der Waals surface area contributed by atoms with Crippen molar-refractivity contribution in [1.82, 2.24) is 0 Å². The van der Waals surface area contributed by atoms with Crippen molar-refractivity contribution in [2.75, 3.05) is 6.54 Å². The van der Waals surface area contributed by atoms with Crippen LogP contribution < -0.4 is 0 Å². The van der Waals surface area contributed by atoms with Gasteiger partial charge in [-0.3, -0.25) is 0 Å². The smallest absolute Gasteiger partial charge is 0.416 e. The van der Waals surface area contributed by atoms with Crippen LogP contribution in [0.3, 0.4) is 0 Å². The van der Waals surface area contributed by atoms with E-state index in [0.717, 1.165) is 33.2 Å². The van der Waals surface area contributed by atoms with Gasteiger partial charge in [0.15, 0.2) is 12.3 Å². The van der Waals surface area contributed by atoms with E-state index in [-0.39, 0.29) is 6.54 Å². The Morgan fingerprint density at radius 2 is 1.67 bits per heavy atom. The Morgan fingerprint density at radius 3 is 2.44 bits per heavy atom. The van der Waals surface area contributed by atoms with Crippen molar-refractivity contribution in [1.29, 1.82) is 0 Å². The van der Waals surface area contributed by atoms with Gasteiger partial charge < -0.3 is 5.21 Å². The summed E-state index contributed by atoms with van der Waals surface area (Å²) >= 11 is 0. The zero-order valence-corrected chi connectivity index (χ0v) is 15.0. The van der Waals surface area contributed by atoms with Crippen LogP contribution in [0.15, 0.2) is 66.7 Å². The van der Waals surface area contributed by atoms with Gasteiger partial charge in [0.25, 0.3) is 0 Å². The number of rotatable bonds is 5. The van der Waals surface area contributed by atoms with Crippen LogP contribution in [0.1, 0.15) is 30.0 Å². The van der Waals surface area contributed by atoms with Gasteiger partial charge in [-0.1, -0.05) is 54.6 Å². The number of hydrogen-bond acceptors (Lipinski definition) is 1. The Balaban J connectivity index is 1.72. The van der Waals surface area contributed by atoms with E-state index in [1.54, 1.807) is 13.0 Å². The van der Waals surface area contributed by atoms with Gasteiger partial charge in [-0.05, 0) is 34.9 Å². The van der Waals surface area contributed by atoms with Crippen LogP contribution in [0.2, 0.25) is 0 Å². The van der Waals surface area contributed by atoms with Crippen molar-refractivity contribution in [3.63, 3.8) is 0 Å². The van der Waals surface area contributed by atoms with Crippen molar-refractivity contribution in [3.8, 4) is 0 Å². The van der Waals surface area contributed by atoms with Gasteiger partial charge in [-0.25, -0.2) is 4.74 Å². The Hall–Kier alpha value is -2.82. The lowest BCUT2D eigenvalue weighted by Gasteiger charge is -2.11. The van der Waals surface area contributed by atoms with Gasteiger partial charge in [-0.2, -0.15) is 13.2 Å². The first-order valence-corrected chi connectivity index (χ1v) is 8.79. The van der Waals surface area contributed by atoms with E-state index < -0.39 is 11.7 Å². The topological polar surface area (TPSA) is 26.1 Å². The third-order valence-electron chi connectivity index (χ3n) is 4.63. The van der Waals surface area contributed by atoms with Crippen molar-refractivity contribution >= 4 is 16.5 Å². The Bertz CT molecular complexity index is 971. The summed E-state index contributed by atoms with van der Waals surface area (Å²) in [6.45, 7) is 2.00. The molecule has 3 rings (SSSR count). The van der Waals surface area contributed by atoms with Crippen LogP contribution in [0.25, 0.3) is 10.8 Å². The predicted octanol–water partition coefficient (Wildman–Crippen LogP) is 5.81. The number of hydrogen-bond donors (Lipinski definition) is 0. The highest BCUT2D eigenvalue weighted by Crippen LogP contribution is 2.29. The molecule has 0 amide bonds. The van der Waals surface area contributed by atoms with Crippen LogP contribution in [0, 0.1) is 5.21 Å². The molecule has 0 radical (unpaired) electrons. The number of fused-ring (bicyclic) bond motifs is 1. The second-order valence-electron chi connectivity index (χ2n) is 6.52. The number of nitrogens with zero attached hydrogens (tertiary/aromatic N) is 1. The molecule has 0 fully saturated rings. The summed E-state index contributed by atoms with van der Waals surface area (Å²) in [6.07, 6.45) is -3.45. The molecule has 140 valence electrons. The molecule has 27 heavy (non-hydrogen) atoms. The van der Waals surface area contributed by atoms with Crippen molar-refractivity contribution in [2.45, 2.75) is 25.9 Å². The van der Waals surface area contributed by atoms with Crippen molar-refractivity contribution < 1.29 is 17.9 Å². The van der Waals surface area contributed by atoms with Crippen molar-refractivity contribution in [3.05, 3.63) is 88.6 Å². The van der Waals surface area contributed by atoms with Gasteiger partial charge >= 0.3 is 6.18 Å². The maximum Gasteiger partial charge on any atom is 0.416 e. The van der Waals surface area contributed by atoms with E-state index in [1.165, 1.54) is 6.07 Å². The lowest BCUT2D eigenvalue weighted by molar-refractivity contribution is -0.458. The fraction of sp³-hybridized carbons (Fsp3) is 0.227. The summed E-state index contributed by atoms with van der Waals surface area (Å²) < 4.78 is 39.3. The van der Waals surface area contributed by atoms with Gasteiger partial charge in [0.05, 0.1) is 5.56 Å². The summed E-state index contributed by atoms with van der Waals surface area (Å²) in [7, 11) is 0. The molecular formula is C22H20F3NO. The molecule has 0 saturated carbocycles. The SMILES string of the molecule is C/C(c1cccc2ccccc12)=[N+](/[O-])CCCc1cccc(C(F)(F)F)c1. The predicted molar refractivity (Wildman–Crippen MR) is 102 cm³/mol. The van der Waals surface area contributed by atoms with Gasteiger partial charge in [0, 0.05) is 18.9 Å². The minimum atomic E-state index is -4.35. The first-order valence-electron chi connectivity index (χ1n) is 8.79. The number of hydroxylamine groups is 1. The van der Waals surface area contributed by atoms with Crippen LogP contribution >= 0.6 is 0 Å². The number of benzene rings is 3. The molecule has 0 atom stereocenters. The maximum absolute atomic E-state index is 12.8. The quantitative estimate of drug-likeness (QED) is 0.240. The summed E-state index contributed by atoms with van der Waals surface area (Å²) in [5, 5.41) is 14.6. The zero-order chi connectivity index (χ0) is 19.4. The zero-order valence-electron chi connectivity index (χ0n) is 15.0.